The van der Waals surface area contributed by atoms with E-state index < -0.39 is 10.8 Å². The van der Waals surface area contributed by atoms with E-state index in [4.69, 9.17) is 0 Å². The Kier molecular flexibility index (Phi) is 8.80. The Morgan fingerprint density at radius 2 is 1.94 bits per heavy atom. The molecule has 0 spiro atoms. The zero-order chi connectivity index (χ0) is 23.8. The molecule has 3 rings (SSSR count). The van der Waals surface area contributed by atoms with Gasteiger partial charge in [0.05, 0.1) is 10.2 Å². The number of non-ortho nitro benzene ring substituents is 1. The molecule has 2 amide bonds. The van der Waals surface area contributed by atoms with Crippen molar-refractivity contribution in [2.24, 2.45) is 0 Å². The average Bonchev–Trinajstić information content (AvgIpc) is 3.24. The van der Waals surface area contributed by atoms with E-state index >= 15 is 0 Å². The fourth-order valence-corrected chi connectivity index (χ4v) is 5.02. The molecule has 2 N–H and O–H groups in total. The van der Waals surface area contributed by atoms with Crippen LogP contribution in [0.4, 0.5) is 16.5 Å². The van der Waals surface area contributed by atoms with Gasteiger partial charge in [0.2, 0.25) is 16.2 Å². The van der Waals surface area contributed by atoms with Crippen LogP contribution >= 0.6 is 35.1 Å². The molecular formula is C21H21N5O4S3. The monoisotopic (exact) mass is 503 g/mol. The van der Waals surface area contributed by atoms with Crippen LogP contribution in [0.15, 0.2) is 58.6 Å². The van der Waals surface area contributed by atoms with Gasteiger partial charge in [-0.1, -0.05) is 37.7 Å². The third kappa shape index (κ3) is 7.01. The predicted molar refractivity (Wildman–Crippen MR) is 132 cm³/mol. The first-order valence-electron chi connectivity index (χ1n) is 9.99. The molecule has 1 aromatic heterocycles. The van der Waals surface area contributed by atoms with Gasteiger partial charge >= 0.3 is 0 Å². The first-order valence-corrected chi connectivity index (χ1v) is 12.6. The summed E-state index contributed by atoms with van der Waals surface area (Å²) in [4.78, 5) is 40.7. The van der Waals surface area contributed by atoms with Crippen molar-refractivity contribution in [2.75, 3.05) is 16.4 Å². The lowest BCUT2D eigenvalue weighted by atomic mass is 10.2. The quantitative estimate of drug-likeness (QED) is 0.216. The molecule has 3 aromatic rings. The summed E-state index contributed by atoms with van der Waals surface area (Å²) in [7, 11) is 0. The summed E-state index contributed by atoms with van der Waals surface area (Å²) in [6.07, 6.45) is 0.593. The number of nitro groups is 1. The summed E-state index contributed by atoms with van der Waals surface area (Å²) >= 11 is 4.04. The molecular weight excluding hydrogens is 482 g/mol. The predicted octanol–water partition coefficient (Wildman–Crippen LogP) is 5.32. The number of carbonyl (C=O) groups is 2. The van der Waals surface area contributed by atoms with Crippen LogP contribution in [0.3, 0.4) is 0 Å². The molecule has 0 bridgehead atoms. The molecule has 12 heteroatoms. The molecule has 1 atom stereocenters. The van der Waals surface area contributed by atoms with Gasteiger partial charge in [-0.15, -0.1) is 11.8 Å². The molecule has 0 aliphatic heterocycles. The largest absolute Gasteiger partial charge is 0.322 e. The van der Waals surface area contributed by atoms with Gasteiger partial charge in [0, 0.05) is 39.8 Å². The van der Waals surface area contributed by atoms with Crippen LogP contribution in [0.2, 0.25) is 0 Å². The fraction of sp³-hybridized carbons (Fsp3) is 0.238. The lowest BCUT2D eigenvalue weighted by molar-refractivity contribution is -0.384. The summed E-state index contributed by atoms with van der Waals surface area (Å²) in [5, 5.41) is 17.3. The molecule has 33 heavy (non-hydrogen) atoms. The number of nitrogens with one attached hydrogen (secondary N) is 2. The summed E-state index contributed by atoms with van der Waals surface area (Å²) in [5.41, 5.74) is 0.558. The van der Waals surface area contributed by atoms with Crippen LogP contribution in [-0.2, 0) is 4.79 Å². The van der Waals surface area contributed by atoms with Crippen molar-refractivity contribution >= 4 is 63.4 Å². The molecule has 0 saturated heterocycles. The number of carbonyl (C=O) groups excluding carboxylic acids is 2. The summed E-state index contributed by atoms with van der Waals surface area (Å²) in [5.74, 6) is 0.228. The zero-order valence-corrected chi connectivity index (χ0v) is 20.3. The Morgan fingerprint density at radius 3 is 2.67 bits per heavy atom. The topological polar surface area (TPSA) is 127 Å². The fourth-order valence-electron chi connectivity index (χ4n) is 2.73. The highest BCUT2D eigenvalue weighted by Crippen LogP contribution is 2.29. The summed E-state index contributed by atoms with van der Waals surface area (Å²) in [6, 6.07) is 12.6. The van der Waals surface area contributed by atoms with Gasteiger partial charge < -0.3 is 5.32 Å². The molecule has 0 saturated carbocycles. The minimum atomic E-state index is -0.546. The van der Waals surface area contributed by atoms with Gasteiger partial charge in [-0.25, -0.2) is 0 Å². The van der Waals surface area contributed by atoms with Gasteiger partial charge in [0.1, 0.15) is 0 Å². The lowest BCUT2D eigenvalue weighted by Gasteiger charge is -2.14. The maximum Gasteiger partial charge on any atom is 0.270 e. The van der Waals surface area contributed by atoms with Crippen LogP contribution < -0.4 is 10.6 Å². The van der Waals surface area contributed by atoms with E-state index in [0.29, 0.717) is 22.4 Å². The van der Waals surface area contributed by atoms with Crippen LogP contribution in [0, 0.1) is 10.1 Å². The summed E-state index contributed by atoms with van der Waals surface area (Å²) < 4.78 is 4.20. The van der Waals surface area contributed by atoms with E-state index in [2.05, 4.69) is 20.0 Å². The second-order valence-corrected chi connectivity index (χ2v) is 9.87. The van der Waals surface area contributed by atoms with E-state index in [1.54, 1.807) is 18.2 Å². The van der Waals surface area contributed by atoms with Crippen LogP contribution in [0.25, 0.3) is 0 Å². The number of nitrogens with zero attached hydrogens (tertiary/aromatic N) is 3. The molecule has 1 heterocycles. The van der Waals surface area contributed by atoms with Gasteiger partial charge in [0.15, 0.2) is 0 Å². The minimum Gasteiger partial charge on any atom is -0.322 e. The molecule has 1 unspecified atom stereocenters. The Labute approximate surface area is 203 Å². The van der Waals surface area contributed by atoms with Crippen molar-refractivity contribution in [3.63, 3.8) is 0 Å². The van der Waals surface area contributed by atoms with Crippen molar-refractivity contribution in [1.29, 1.82) is 0 Å². The number of rotatable bonds is 10. The second-order valence-electron chi connectivity index (χ2n) is 6.61. The maximum atomic E-state index is 12.7. The van der Waals surface area contributed by atoms with Crippen LogP contribution in [0.5, 0.6) is 0 Å². The highest BCUT2D eigenvalue weighted by molar-refractivity contribution is 8.00. The van der Waals surface area contributed by atoms with Crippen molar-refractivity contribution < 1.29 is 14.5 Å². The van der Waals surface area contributed by atoms with Crippen molar-refractivity contribution in [2.45, 2.75) is 35.6 Å². The van der Waals surface area contributed by atoms with E-state index in [-0.39, 0.29) is 22.4 Å². The number of thioether (sulfide) groups is 2. The molecule has 0 aliphatic rings. The zero-order valence-electron chi connectivity index (χ0n) is 17.8. The van der Waals surface area contributed by atoms with Gasteiger partial charge in [-0.2, -0.15) is 9.36 Å². The van der Waals surface area contributed by atoms with Crippen molar-refractivity contribution in [3.8, 4) is 0 Å². The smallest absolute Gasteiger partial charge is 0.270 e. The standard InChI is InChI=1S/C21H21N5O4S3/c1-3-17(19(28)23-20-24-21(25-33-20)31-4-2)32-16-10-6-8-14(12-16)22-18(27)13-7-5-9-15(11-13)26(29)30/h5-12,17H,3-4H2,1-2H3,(H,22,27)(H,23,24,25,28). The number of anilines is 2. The maximum absolute atomic E-state index is 12.7. The minimum absolute atomic E-state index is 0.153. The van der Waals surface area contributed by atoms with Gasteiger partial charge in [0.25, 0.3) is 11.6 Å². The van der Waals surface area contributed by atoms with E-state index in [0.717, 1.165) is 22.2 Å². The Hall–Kier alpha value is -2.96. The Bertz CT molecular complexity index is 1150. The molecule has 9 nitrogen and oxygen atoms in total. The van der Waals surface area contributed by atoms with Crippen molar-refractivity contribution in [1.82, 2.24) is 9.36 Å². The SMILES string of the molecule is CCSc1nsc(NC(=O)C(CC)Sc2cccc(NC(=O)c3cccc([N+](=O)[O-])c3)c2)n1. The first-order chi connectivity index (χ1) is 15.9. The number of amides is 2. The highest BCUT2D eigenvalue weighted by Gasteiger charge is 2.20. The number of nitro benzene ring substituents is 1. The van der Waals surface area contributed by atoms with E-state index in [9.17, 15) is 19.7 Å². The molecule has 0 aliphatic carbocycles. The molecule has 172 valence electrons. The molecule has 0 fully saturated rings. The molecule has 0 radical (unpaired) electrons. The number of aromatic nitrogens is 2. The Balaban J connectivity index is 1.65. The summed E-state index contributed by atoms with van der Waals surface area (Å²) in [6.45, 7) is 3.93. The van der Waals surface area contributed by atoms with Crippen molar-refractivity contribution in [3.05, 3.63) is 64.2 Å². The first kappa shape index (κ1) is 24.7. The average molecular weight is 504 g/mol. The number of benzene rings is 2. The highest BCUT2D eigenvalue weighted by atomic mass is 32.2. The number of hydrogen-bond acceptors (Lipinski definition) is 9. The third-order valence-electron chi connectivity index (χ3n) is 4.26. The Morgan fingerprint density at radius 1 is 1.15 bits per heavy atom. The lowest BCUT2D eigenvalue weighted by Crippen LogP contribution is -2.24. The van der Waals surface area contributed by atoms with Crippen LogP contribution in [0.1, 0.15) is 30.6 Å². The van der Waals surface area contributed by atoms with Gasteiger partial charge in [-0.05, 0) is 36.4 Å². The number of hydrogen-bond donors (Lipinski definition) is 2. The van der Waals surface area contributed by atoms with E-state index in [1.807, 2.05) is 19.9 Å². The second kappa shape index (κ2) is 11.8. The normalized spacial score (nSPS) is 11.6. The van der Waals surface area contributed by atoms with Gasteiger partial charge in [-0.3, -0.25) is 25.0 Å². The third-order valence-corrected chi connectivity index (χ3v) is 7.10. The van der Waals surface area contributed by atoms with E-state index in [1.165, 1.54) is 47.8 Å². The molecule has 2 aromatic carbocycles. The van der Waals surface area contributed by atoms with Crippen LogP contribution in [-0.4, -0.2) is 37.1 Å².